The molecule has 2 N–H and O–H groups in total. The van der Waals surface area contributed by atoms with Crippen molar-refractivity contribution >= 4 is 17.5 Å². The summed E-state index contributed by atoms with van der Waals surface area (Å²) in [4.78, 5) is 28.9. The number of fused-ring (bicyclic) bond motifs is 1. The smallest absolute Gasteiger partial charge is 0.255 e. The maximum Gasteiger partial charge on any atom is 0.255 e. The zero-order valence-electron chi connectivity index (χ0n) is 16.0. The van der Waals surface area contributed by atoms with E-state index in [2.05, 4.69) is 21.7 Å². The Morgan fingerprint density at radius 2 is 2.07 bits per heavy atom. The van der Waals surface area contributed by atoms with Gasteiger partial charge in [0.2, 0.25) is 5.91 Å². The first kappa shape index (κ1) is 18.9. The highest BCUT2D eigenvalue weighted by molar-refractivity contribution is 6.04. The van der Waals surface area contributed by atoms with Gasteiger partial charge in [0.15, 0.2) is 0 Å². The van der Waals surface area contributed by atoms with Crippen LogP contribution in [0.2, 0.25) is 0 Å². The zero-order chi connectivity index (χ0) is 20.1. The van der Waals surface area contributed by atoms with Crippen molar-refractivity contribution in [3.05, 3.63) is 95.3 Å². The number of hydrogen-bond acceptors (Lipinski definition) is 3. The van der Waals surface area contributed by atoms with Crippen molar-refractivity contribution in [2.75, 3.05) is 5.32 Å². The molecule has 29 heavy (non-hydrogen) atoms. The van der Waals surface area contributed by atoms with Crippen LogP contribution >= 0.6 is 0 Å². The van der Waals surface area contributed by atoms with E-state index >= 15 is 0 Å². The molecule has 2 amide bonds. The van der Waals surface area contributed by atoms with Crippen LogP contribution in [0.4, 0.5) is 5.69 Å². The predicted molar refractivity (Wildman–Crippen MR) is 111 cm³/mol. The van der Waals surface area contributed by atoms with Crippen LogP contribution in [0.3, 0.4) is 0 Å². The summed E-state index contributed by atoms with van der Waals surface area (Å²) in [5.41, 5.74) is 4.54. The number of carbonyl (C=O) groups is 2. The molecule has 5 heteroatoms. The van der Waals surface area contributed by atoms with Gasteiger partial charge in [0.05, 0.1) is 6.04 Å². The fourth-order valence-corrected chi connectivity index (χ4v) is 3.64. The number of nitrogens with zero attached hydrogens (tertiary/aromatic N) is 1. The lowest BCUT2D eigenvalue weighted by Crippen LogP contribution is -2.27. The molecule has 0 fully saturated rings. The number of para-hydroxylation sites is 1. The number of amides is 2. The second-order valence-corrected chi connectivity index (χ2v) is 7.16. The molecule has 0 spiro atoms. The Morgan fingerprint density at radius 1 is 1.14 bits per heavy atom. The lowest BCUT2D eigenvalue weighted by atomic mass is 10.0. The SMILES string of the molecule is O=C(CCc1cccnc1)NC1CCc2cc(C(=O)Nc3[c]cccc3)ccc21. The average Bonchev–Trinajstić information content (AvgIpc) is 3.15. The molecular formula is C24H22N3O2. The van der Waals surface area contributed by atoms with E-state index < -0.39 is 0 Å². The summed E-state index contributed by atoms with van der Waals surface area (Å²) in [6.07, 6.45) is 6.33. The summed E-state index contributed by atoms with van der Waals surface area (Å²) in [6, 6.07) is 19.8. The molecule has 4 rings (SSSR count). The Balaban J connectivity index is 1.36. The molecule has 0 aliphatic heterocycles. The largest absolute Gasteiger partial charge is 0.349 e. The Morgan fingerprint density at radius 3 is 2.86 bits per heavy atom. The van der Waals surface area contributed by atoms with Crippen molar-refractivity contribution in [3.8, 4) is 0 Å². The summed E-state index contributed by atoms with van der Waals surface area (Å²) < 4.78 is 0. The Kier molecular flexibility index (Phi) is 5.66. The van der Waals surface area contributed by atoms with Crippen LogP contribution in [-0.2, 0) is 17.6 Å². The fourth-order valence-electron chi connectivity index (χ4n) is 3.64. The Bertz CT molecular complexity index is 1000. The van der Waals surface area contributed by atoms with E-state index in [1.54, 1.807) is 18.5 Å². The Labute approximate surface area is 170 Å². The van der Waals surface area contributed by atoms with E-state index in [1.807, 2.05) is 48.5 Å². The van der Waals surface area contributed by atoms with Crippen molar-refractivity contribution in [3.63, 3.8) is 0 Å². The topological polar surface area (TPSA) is 71.1 Å². The molecule has 0 saturated heterocycles. The lowest BCUT2D eigenvalue weighted by Gasteiger charge is -2.14. The minimum absolute atomic E-state index is 0.00552. The van der Waals surface area contributed by atoms with Gasteiger partial charge in [0.1, 0.15) is 0 Å². The highest BCUT2D eigenvalue weighted by Gasteiger charge is 2.24. The highest BCUT2D eigenvalue weighted by Crippen LogP contribution is 2.32. The van der Waals surface area contributed by atoms with E-state index in [0.29, 0.717) is 24.1 Å². The minimum Gasteiger partial charge on any atom is -0.349 e. The molecule has 1 aromatic heterocycles. The van der Waals surface area contributed by atoms with E-state index in [4.69, 9.17) is 0 Å². The van der Waals surface area contributed by atoms with Crippen molar-refractivity contribution in [1.82, 2.24) is 10.3 Å². The molecule has 1 radical (unpaired) electrons. The molecule has 1 atom stereocenters. The molecule has 0 bridgehead atoms. The van der Waals surface area contributed by atoms with E-state index in [9.17, 15) is 9.59 Å². The molecule has 1 aliphatic rings. The maximum atomic E-state index is 12.5. The van der Waals surface area contributed by atoms with Crippen LogP contribution in [0.15, 0.2) is 67.0 Å². The summed E-state index contributed by atoms with van der Waals surface area (Å²) in [6.45, 7) is 0. The number of aryl methyl sites for hydroxylation is 2. The van der Waals surface area contributed by atoms with Crippen molar-refractivity contribution < 1.29 is 9.59 Å². The van der Waals surface area contributed by atoms with Crippen LogP contribution in [0, 0.1) is 6.07 Å². The third-order valence-corrected chi connectivity index (χ3v) is 5.14. The molecule has 145 valence electrons. The first-order valence-electron chi connectivity index (χ1n) is 9.78. The third-order valence-electron chi connectivity index (χ3n) is 5.14. The molecular weight excluding hydrogens is 362 g/mol. The molecule has 3 aromatic rings. The average molecular weight is 384 g/mol. The summed E-state index contributed by atoms with van der Waals surface area (Å²) >= 11 is 0. The van der Waals surface area contributed by atoms with Gasteiger partial charge in [0, 0.05) is 36.1 Å². The monoisotopic (exact) mass is 384 g/mol. The van der Waals surface area contributed by atoms with Gasteiger partial charge in [0.25, 0.3) is 5.91 Å². The number of aromatic nitrogens is 1. The standard InChI is InChI=1S/C24H22N3O2/c28-23(13-8-17-5-4-14-25-16-17)27-22-12-10-18-15-19(9-11-21(18)22)24(29)26-20-6-2-1-3-7-20/h1-6,9,11,14-16,22H,8,10,12-13H2,(H,26,29)(H,27,28). The molecule has 1 heterocycles. The van der Waals surface area contributed by atoms with Gasteiger partial charge in [-0.2, -0.15) is 0 Å². The van der Waals surface area contributed by atoms with Crippen LogP contribution in [0.1, 0.15) is 45.9 Å². The minimum atomic E-state index is -0.154. The normalized spacial score (nSPS) is 14.8. The number of hydrogen-bond donors (Lipinski definition) is 2. The van der Waals surface area contributed by atoms with Gasteiger partial charge < -0.3 is 10.6 Å². The number of anilines is 1. The van der Waals surface area contributed by atoms with Gasteiger partial charge in [-0.25, -0.2) is 0 Å². The van der Waals surface area contributed by atoms with Crippen LogP contribution < -0.4 is 10.6 Å². The quantitative estimate of drug-likeness (QED) is 0.678. The number of benzene rings is 2. The van der Waals surface area contributed by atoms with Gasteiger partial charge in [-0.3, -0.25) is 14.6 Å². The summed E-state index contributed by atoms with van der Waals surface area (Å²) in [5, 5.41) is 5.98. The first-order valence-corrected chi connectivity index (χ1v) is 9.78. The zero-order valence-corrected chi connectivity index (χ0v) is 16.0. The van der Waals surface area contributed by atoms with E-state index in [-0.39, 0.29) is 17.9 Å². The molecule has 1 unspecified atom stereocenters. The molecule has 5 nitrogen and oxygen atoms in total. The number of carbonyl (C=O) groups excluding carboxylic acids is 2. The van der Waals surface area contributed by atoms with Gasteiger partial charge >= 0.3 is 0 Å². The predicted octanol–water partition coefficient (Wildman–Crippen LogP) is 3.87. The second-order valence-electron chi connectivity index (χ2n) is 7.16. The van der Waals surface area contributed by atoms with Crippen LogP contribution in [0.5, 0.6) is 0 Å². The second kappa shape index (κ2) is 8.69. The summed E-state index contributed by atoms with van der Waals surface area (Å²) in [7, 11) is 0. The lowest BCUT2D eigenvalue weighted by molar-refractivity contribution is -0.121. The molecule has 0 saturated carbocycles. The highest BCUT2D eigenvalue weighted by atomic mass is 16.2. The van der Waals surface area contributed by atoms with Gasteiger partial charge in [-0.15, -0.1) is 0 Å². The molecule has 2 aromatic carbocycles. The molecule has 1 aliphatic carbocycles. The van der Waals surface area contributed by atoms with Crippen molar-refractivity contribution in [2.45, 2.75) is 31.7 Å². The van der Waals surface area contributed by atoms with E-state index in [1.165, 1.54) is 0 Å². The van der Waals surface area contributed by atoms with Gasteiger partial charge in [-0.1, -0.05) is 30.3 Å². The fraction of sp³-hybridized carbons (Fsp3) is 0.208. The van der Waals surface area contributed by atoms with Crippen LogP contribution in [0.25, 0.3) is 0 Å². The number of rotatable bonds is 6. The number of pyridine rings is 1. The van der Waals surface area contributed by atoms with Crippen molar-refractivity contribution in [2.24, 2.45) is 0 Å². The number of nitrogens with one attached hydrogen (secondary N) is 2. The van der Waals surface area contributed by atoms with Crippen LogP contribution in [-0.4, -0.2) is 16.8 Å². The van der Waals surface area contributed by atoms with Crippen molar-refractivity contribution in [1.29, 1.82) is 0 Å². The van der Waals surface area contributed by atoms with Gasteiger partial charge in [-0.05, 0) is 60.2 Å². The maximum absolute atomic E-state index is 12.5. The van der Waals surface area contributed by atoms with E-state index in [0.717, 1.165) is 29.5 Å². The first-order chi connectivity index (χ1) is 14.2. The summed E-state index contributed by atoms with van der Waals surface area (Å²) in [5.74, 6) is -0.118. The Hall–Kier alpha value is -3.47. The third kappa shape index (κ3) is 4.69.